The first-order valence-corrected chi connectivity index (χ1v) is 9.36. The van der Waals surface area contributed by atoms with Crippen LogP contribution < -0.4 is 5.32 Å². The molecule has 27 heavy (non-hydrogen) atoms. The van der Waals surface area contributed by atoms with Crippen LogP contribution in [0.15, 0.2) is 42.5 Å². The summed E-state index contributed by atoms with van der Waals surface area (Å²) >= 11 is 6.05. The second kappa shape index (κ2) is 7.99. The number of amides is 1. The Balaban J connectivity index is 1.94. The van der Waals surface area contributed by atoms with E-state index < -0.39 is 11.5 Å². The van der Waals surface area contributed by atoms with Crippen molar-refractivity contribution in [2.75, 3.05) is 5.32 Å². The Morgan fingerprint density at radius 3 is 2.41 bits per heavy atom. The third-order valence-corrected chi connectivity index (χ3v) is 5.51. The number of benzene rings is 2. The van der Waals surface area contributed by atoms with Crippen LogP contribution in [0.5, 0.6) is 5.75 Å². The van der Waals surface area contributed by atoms with Gasteiger partial charge in [-0.1, -0.05) is 43.0 Å². The highest BCUT2D eigenvalue weighted by atomic mass is 35.5. The monoisotopic (exact) mass is 384 g/mol. The zero-order chi connectivity index (χ0) is 19.4. The quantitative estimate of drug-likeness (QED) is 0.731. The predicted octanol–water partition coefficient (Wildman–Crippen LogP) is 4.32. The number of hydrogen-bond acceptors (Lipinski definition) is 4. The Kier molecular flexibility index (Phi) is 5.69. The summed E-state index contributed by atoms with van der Waals surface area (Å²) in [6.45, 7) is 0. The van der Waals surface area contributed by atoms with Gasteiger partial charge in [0.2, 0.25) is 0 Å². The normalized spacial score (nSPS) is 16.9. The Morgan fingerprint density at radius 1 is 1.15 bits per heavy atom. The molecule has 1 atom stereocenters. The summed E-state index contributed by atoms with van der Waals surface area (Å²) in [5.74, 6) is -0.686. The van der Waals surface area contributed by atoms with Gasteiger partial charge in [0.1, 0.15) is 11.8 Å². The average molecular weight is 385 g/mol. The maximum atomic E-state index is 13.2. The molecule has 1 saturated carbocycles. The lowest BCUT2D eigenvalue weighted by molar-refractivity contribution is -0.143. The molecule has 1 aliphatic rings. The number of aromatic hydroxyl groups is 1. The van der Waals surface area contributed by atoms with Crippen molar-refractivity contribution in [3.05, 3.63) is 58.6 Å². The van der Waals surface area contributed by atoms with Gasteiger partial charge in [-0.15, -0.1) is 0 Å². The van der Waals surface area contributed by atoms with E-state index in [1.807, 2.05) is 6.07 Å². The molecule has 0 spiro atoms. The van der Waals surface area contributed by atoms with Gasteiger partial charge >= 0.3 is 0 Å². The number of aliphatic hydroxyl groups is 1. The molecule has 1 unspecified atom stereocenters. The lowest BCUT2D eigenvalue weighted by Gasteiger charge is -2.37. The molecule has 3 N–H and O–H groups in total. The second-order valence-corrected chi connectivity index (χ2v) is 7.32. The number of nitrogens with zero attached hydrogens (tertiary/aromatic N) is 1. The molecule has 0 aromatic heterocycles. The van der Waals surface area contributed by atoms with E-state index in [0.29, 0.717) is 16.8 Å². The standard InChI is InChI=1S/C21H21ClN2O3/c22-19-12-17(9-6-14(19)13-23)24-20(26)21(27,15-4-2-1-3-5-15)16-7-10-18(25)11-8-16/h6-12,15,25,27H,1-5H2,(H,24,26). The molecular formula is C21H21ClN2O3. The summed E-state index contributed by atoms with van der Waals surface area (Å²) < 4.78 is 0. The summed E-state index contributed by atoms with van der Waals surface area (Å²) in [4.78, 5) is 13.2. The molecule has 5 nitrogen and oxygen atoms in total. The van der Waals surface area contributed by atoms with Crippen LogP contribution in [0.2, 0.25) is 5.02 Å². The van der Waals surface area contributed by atoms with Gasteiger partial charge in [-0.25, -0.2) is 0 Å². The second-order valence-electron chi connectivity index (χ2n) is 6.91. The van der Waals surface area contributed by atoms with Gasteiger partial charge in [-0.3, -0.25) is 4.79 Å². The SMILES string of the molecule is N#Cc1ccc(NC(=O)C(O)(c2ccc(O)cc2)C2CCCCC2)cc1Cl. The lowest BCUT2D eigenvalue weighted by atomic mass is 9.72. The minimum absolute atomic E-state index is 0.0732. The molecule has 1 aliphatic carbocycles. The summed E-state index contributed by atoms with van der Waals surface area (Å²) in [5, 5.41) is 33.0. The first kappa shape index (κ1) is 19.2. The first-order valence-electron chi connectivity index (χ1n) is 8.98. The summed E-state index contributed by atoms with van der Waals surface area (Å²) in [6.07, 6.45) is 4.51. The van der Waals surface area contributed by atoms with Crippen LogP contribution in [0.4, 0.5) is 5.69 Å². The van der Waals surface area contributed by atoms with Crippen LogP contribution in [-0.4, -0.2) is 16.1 Å². The number of halogens is 1. The van der Waals surface area contributed by atoms with Gasteiger partial charge in [-0.2, -0.15) is 5.26 Å². The fraction of sp³-hybridized carbons (Fsp3) is 0.333. The van der Waals surface area contributed by atoms with E-state index >= 15 is 0 Å². The number of carbonyl (C=O) groups is 1. The van der Waals surface area contributed by atoms with Gasteiger partial charge in [0.25, 0.3) is 5.91 Å². The zero-order valence-corrected chi connectivity index (χ0v) is 15.5. The molecular weight excluding hydrogens is 364 g/mol. The number of phenolic OH excluding ortho intramolecular Hbond substituents is 1. The van der Waals surface area contributed by atoms with E-state index in [1.54, 1.807) is 18.2 Å². The fourth-order valence-corrected chi connectivity index (χ4v) is 3.92. The van der Waals surface area contributed by atoms with E-state index in [2.05, 4.69) is 5.32 Å². The number of carbonyl (C=O) groups excluding carboxylic acids is 1. The Bertz CT molecular complexity index is 870. The predicted molar refractivity (Wildman–Crippen MR) is 103 cm³/mol. The van der Waals surface area contributed by atoms with Crippen molar-refractivity contribution in [1.82, 2.24) is 0 Å². The third-order valence-electron chi connectivity index (χ3n) is 5.20. The Hall–Kier alpha value is -2.55. The molecule has 0 aliphatic heterocycles. The molecule has 6 heteroatoms. The van der Waals surface area contributed by atoms with Crippen molar-refractivity contribution < 1.29 is 15.0 Å². The van der Waals surface area contributed by atoms with Crippen LogP contribution in [-0.2, 0) is 10.4 Å². The van der Waals surface area contributed by atoms with E-state index in [1.165, 1.54) is 24.3 Å². The molecule has 0 bridgehead atoms. The van der Waals surface area contributed by atoms with Crippen LogP contribution >= 0.6 is 11.6 Å². The minimum Gasteiger partial charge on any atom is -0.508 e. The number of nitriles is 1. The molecule has 140 valence electrons. The van der Waals surface area contributed by atoms with Crippen molar-refractivity contribution in [3.63, 3.8) is 0 Å². The van der Waals surface area contributed by atoms with Gasteiger partial charge in [0.05, 0.1) is 10.6 Å². The summed E-state index contributed by atoms with van der Waals surface area (Å²) in [5.41, 5.74) is -0.536. The highest BCUT2D eigenvalue weighted by Crippen LogP contribution is 2.40. The molecule has 0 saturated heterocycles. The smallest absolute Gasteiger partial charge is 0.261 e. The summed E-state index contributed by atoms with van der Waals surface area (Å²) in [7, 11) is 0. The van der Waals surface area contributed by atoms with E-state index in [0.717, 1.165) is 32.1 Å². The number of phenols is 1. The average Bonchev–Trinajstić information content (AvgIpc) is 2.68. The minimum atomic E-state index is -1.71. The van der Waals surface area contributed by atoms with Crippen LogP contribution in [0.3, 0.4) is 0 Å². The highest BCUT2D eigenvalue weighted by molar-refractivity contribution is 6.32. The van der Waals surface area contributed by atoms with Crippen molar-refractivity contribution in [2.45, 2.75) is 37.7 Å². The number of anilines is 1. The topological polar surface area (TPSA) is 93.4 Å². The zero-order valence-electron chi connectivity index (χ0n) is 14.8. The Labute approximate surface area is 163 Å². The van der Waals surface area contributed by atoms with Crippen LogP contribution in [0.1, 0.15) is 43.2 Å². The first-order chi connectivity index (χ1) is 12.9. The maximum absolute atomic E-state index is 13.2. The van der Waals surface area contributed by atoms with Gasteiger partial charge in [0.15, 0.2) is 5.60 Å². The molecule has 0 heterocycles. The van der Waals surface area contributed by atoms with Crippen molar-refractivity contribution >= 4 is 23.2 Å². The van der Waals surface area contributed by atoms with Crippen molar-refractivity contribution in [2.24, 2.45) is 5.92 Å². The molecule has 2 aromatic carbocycles. The molecule has 0 radical (unpaired) electrons. The van der Waals surface area contributed by atoms with Crippen molar-refractivity contribution in [3.8, 4) is 11.8 Å². The number of rotatable bonds is 4. The van der Waals surface area contributed by atoms with Crippen LogP contribution in [0.25, 0.3) is 0 Å². The largest absolute Gasteiger partial charge is 0.508 e. The van der Waals surface area contributed by atoms with Crippen molar-refractivity contribution in [1.29, 1.82) is 5.26 Å². The number of nitrogens with one attached hydrogen (secondary N) is 1. The summed E-state index contributed by atoms with van der Waals surface area (Å²) in [6, 6.07) is 12.7. The third kappa shape index (κ3) is 3.92. The molecule has 1 fully saturated rings. The Morgan fingerprint density at radius 2 is 1.81 bits per heavy atom. The number of hydrogen-bond donors (Lipinski definition) is 3. The van der Waals surface area contributed by atoms with Gasteiger partial charge in [-0.05, 0) is 48.7 Å². The van der Waals surface area contributed by atoms with Gasteiger partial charge < -0.3 is 15.5 Å². The lowest BCUT2D eigenvalue weighted by Crippen LogP contribution is -2.47. The molecule has 2 aromatic rings. The highest BCUT2D eigenvalue weighted by Gasteiger charge is 2.45. The molecule has 1 amide bonds. The van der Waals surface area contributed by atoms with Crippen LogP contribution in [0, 0.1) is 17.2 Å². The van der Waals surface area contributed by atoms with E-state index in [4.69, 9.17) is 16.9 Å². The van der Waals surface area contributed by atoms with E-state index in [-0.39, 0.29) is 16.7 Å². The maximum Gasteiger partial charge on any atom is 0.261 e. The van der Waals surface area contributed by atoms with E-state index in [9.17, 15) is 15.0 Å². The van der Waals surface area contributed by atoms with Gasteiger partial charge in [0, 0.05) is 11.6 Å². The fourth-order valence-electron chi connectivity index (χ4n) is 3.70. The molecule has 3 rings (SSSR count).